The first-order valence-electron chi connectivity index (χ1n) is 4.86. The highest BCUT2D eigenvalue weighted by Crippen LogP contribution is 2.22. The lowest BCUT2D eigenvalue weighted by molar-refractivity contribution is 0.00519. The molecule has 1 aromatic heterocycles. The summed E-state index contributed by atoms with van der Waals surface area (Å²) in [6.07, 6.45) is -2.20. The van der Waals surface area contributed by atoms with E-state index in [2.05, 4.69) is 4.74 Å². The van der Waals surface area contributed by atoms with E-state index >= 15 is 0 Å². The zero-order valence-corrected chi connectivity index (χ0v) is 10.1. The number of hydrogen-bond acceptors (Lipinski definition) is 3. The highest BCUT2D eigenvalue weighted by atomic mass is 35.5. The molecule has 6 heteroatoms. The average molecular weight is 271 g/mol. The maximum Gasteiger partial charge on any atom is 0.261 e. The van der Waals surface area contributed by atoms with E-state index in [1.54, 1.807) is 6.07 Å². The fraction of sp³-hybridized carbons (Fsp3) is 0.600. The molecule has 0 saturated carbocycles. The van der Waals surface area contributed by atoms with Crippen LogP contribution in [0.2, 0.25) is 4.34 Å². The van der Waals surface area contributed by atoms with Crippen LogP contribution >= 0.6 is 22.9 Å². The van der Waals surface area contributed by atoms with Gasteiger partial charge in [-0.1, -0.05) is 11.6 Å². The van der Waals surface area contributed by atoms with Crippen LogP contribution in [-0.2, 0) is 11.2 Å². The first-order chi connectivity index (χ1) is 7.58. The molecule has 1 unspecified atom stereocenters. The number of ether oxygens (including phenoxy) is 1. The molecule has 1 N–H and O–H groups in total. The molecule has 2 nitrogen and oxygen atoms in total. The van der Waals surface area contributed by atoms with E-state index in [1.165, 1.54) is 11.3 Å². The summed E-state index contributed by atoms with van der Waals surface area (Å²) in [5, 5.41) is 9.57. The topological polar surface area (TPSA) is 29.5 Å². The van der Waals surface area contributed by atoms with Gasteiger partial charge in [0.05, 0.1) is 10.4 Å². The van der Waals surface area contributed by atoms with Crippen molar-refractivity contribution in [3.63, 3.8) is 0 Å². The molecule has 0 aliphatic carbocycles. The Morgan fingerprint density at radius 3 is 2.75 bits per heavy atom. The van der Waals surface area contributed by atoms with E-state index in [4.69, 9.17) is 11.6 Å². The van der Waals surface area contributed by atoms with Crippen molar-refractivity contribution in [1.82, 2.24) is 0 Å². The van der Waals surface area contributed by atoms with Crippen LogP contribution in [0.1, 0.15) is 11.3 Å². The maximum atomic E-state index is 11.7. The summed E-state index contributed by atoms with van der Waals surface area (Å²) in [7, 11) is 0. The molecule has 0 amide bonds. The first kappa shape index (κ1) is 13.8. The van der Waals surface area contributed by atoms with Crippen molar-refractivity contribution >= 4 is 22.9 Å². The van der Waals surface area contributed by atoms with Crippen molar-refractivity contribution in [2.24, 2.45) is 0 Å². The van der Waals surface area contributed by atoms with E-state index in [0.29, 0.717) is 17.2 Å². The fourth-order valence-corrected chi connectivity index (χ4v) is 2.35. The Morgan fingerprint density at radius 1 is 1.44 bits per heavy atom. The predicted molar refractivity (Wildman–Crippen MR) is 60.5 cm³/mol. The minimum atomic E-state index is -2.45. The van der Waals surface area contributed by atoms with Gasteiger partial charge in [0.2, 0.25) is 0 Å². The SMILES string of the molecule is OC(CCOCC(F)F)Cc1ccc(Cl)s1. The van der Waals surface area contributed by atoms with Gasteiger partial charge in [-0.3, -0.25) is 0 Å². The summed E-state index contributed by atoms with van der Waals surface area (Å²) in [5.41, 5.74) is 0. The van der Waals surface area contributed by atoms with Crippen LogP contribution in [0.25, 0.3) is 0 Å². The van der Waals surface area contributed by atoms with Gasteiger partial charge in [0, 0.05) is 17.9 Å². The van der Waals surface area contributed by atoms with E-state index in [9.17, 15) is 13.9 Å². The number of aliphatic hydroxyl groups excluding tert-OH is 1. The number of rotatable bonds is 7. The van der Waals surface area contributed by atoms with E-state index in [0.717, 1.165) is 4.88 Å². The van der Waals surface area contributed by atoms with Crippen molar-refractivity contribution in [3.05, 3.63) is 21.3 Å². The third-order valence-electron chi connectivity index (χ3n) is 1.90. The van der Waals surface area contributed by atoms with Gasteiger partial charge in [0.15, 0.2) is 0 Å². The van der Waals surface area contributed by atoms with Crippen LogP contribution < -0.4 is 0 Å². The Kier molecular flexibility index (Phi) is 6.20. The molecule has 1 rings (SSSR count). The molecular formula is C10H13ClF2O2S. The number of hydrogen-bond donors (Lipinski definition) is 1. The Morgan fingerprint density at radius 2 is 2.19 bits per heavy atom. The number of thiophene rings is 1. The van der Waals surface area contributed by atoms with Crippen molar-refractivity contribution in [1.29, 1.82) is 0 Å². The maximum absolute atomic E-state index is 11.7. The summed E-state index contributed by atoms with van der Waals surface area (Å²) >= 11 is 7.14. The molecule has 0 aliphatic rings. The Hall–Kier alpha value is -0.230. The molecule has 92 valence electrons. The van der Waals surface area contributed by atoms with Crippen LogP contribution in [0.4, 0.5) is 8.78 Å². The summed E-state index contributed by atoms with van der Waals surface area (Å²) < 4.78 is 28.8. The molecule has 0 aliphatic heterocycles. The van der Waals surface area contributed by atoms with Crippen LogP contribution in [-0.4, -0.2) is 30.8 Å². The Bertz CT molecular complexity index is 307. The molecule has 0 radical (unpaired) electrons. The Balaban J connectivity index is 2.13. The molecule has 0 aromatic carbocycles. The second-order valence-corrected chi connectivity index (χ2v) is 5.12. The van der Waals surface area contributed by atoms with Crippen molar-refractivity contribution in [2.45, 2.75) is 25.4 Å². The molecule has 1 atom stereocenters. The minimum absolute atomic E-state index is 0.143. The van der Waals surface area contributed by atoms with Gasteiger partial charge in [0.1, 0.15) is 6.61 Å². The third kappa shape index (κ3) is 5.75. The second kappa shape index (κ2) is 7.17. The van der Waals surface area contributed by atoms with Crippen molar-refractivity contribution < 1.29 is 18.6 Å². The quantitative estimate of drug-likeness (QED) is 0.772. The van der Waals surface area contributed by atoms with Crippen LogP contribution in [0.3, 0.4) is 0 Å². The van der Waals surface area contributed by atoms with Gasteiger partial charge in [-0.15, -0.1) is 11.3 Å². The van der Waals surface area contributed by atoms with Gasteiger partial charge in [0.25, 0.3) is 6.43 Å². The molecular weight excluding hydrogens is 258 g/mol. The molecule has 0 bridgehead atoms. The largest absolute Gasteiger partial charge is 0.393 e. The monoisotopic (exact) mass is 270 g/mol. The smallest absolute Gasteiger partial charge is 0.261 e. The average Bonchev–Trinajstić information content (AvgIpc) is 2.58. The van der Waals surface area contributed by atoms with Gasteiger partial charge in [-0.05, 0) is 18.6 Å². The highest BCUT2D eigenvalue weighted by Gasteiger charge is 2.08. The van der Waals surface area contributed by atoms with Gasteiger partial charge in [-0.2, -0.15) is 0 Å². The summed E-state index contributed by atoms with van der Waals surface area (Å²) in [4.78, 5) is 0.978. The summed E-state index contributed by atoms with van der Waals surface area (Å²) in [6.45, 7) is -0.428. The molecule has 0 saturated heterocycles. The standard InChI is InChI=1S/C10H13ClF2O2S/c11-9-2-1-8(16-9)5-7(14)3-4-15-6-10(12)13/h1-2,7,10,14H,3-6H2. The lowest BCUT2D eigenvalue weighted by Crippen LogP contribution is -2.14. The third-order valence-corrected chi connectivity index (χ3v) is 3.16. The van der Waals surface area contributed by atoms with Crippen LogP contribution in [0.15, 0.2) is 12.1 Å². The lowest BCUT2D eigenvalue weighted by Gasteiger charge is -2.09. The van der Waals surface area contributed by atoms with Crippen molar-refractivity contribution in [2.75, 3.05) is 13.2 Å². The minimum Gasteiger partial charge on any atom is -0.393 e. The fourth-order valence-electron chi connectivity index (χ4n) is 1.19. The van der Waals surface area contributed by atoms with Gasteiger partial charge < -0.3 is 9.84 Å². The van der Waals surface area contributed by atoms with Gasteiger partial charge in [-0.25, -0.2) is 8.78 Å². The molecule has 16 heavy (non-hydrogen) atoms. The van der Waals surface area contributed by atoms with E-state index in [-0.39, 0.29) is 6.61 Å². The van der Waals surface area contributed by atoms with E-state index < -0.39 is 19.1 Å². The molecule has 1 heterocycles. The zero-order valence-electron chi connectivity index (χ0n) is 8.54. The predicted octanol–water partition coefficient (Wildman–Crippen LogP) is 2.98. The van der Waals surface area contributed by atoms with E-state index in [1.807, 2.05) is 6.07 Å². The molecule has 1 aromatic rings. The Labute approximate surface area is 102 Å². The number of aliphatic hydroxyl groups is 1. The van der Waals surface area contributed by atoms with Gasteiger partial charge >= 0.3 is 0 Å². The first-order valence-corrected chi connectivity index (χ1v) is 6.05. The van der Waals surface area contributed by atoms with Crippen LogP contribution in [0.5, 0.6) is 0 Å². The van der Waals surface area contributed by atoms with Crippen LogP contribution in [0, 0.1) is 0 Å². The molecule has 0 fully saturated rings. The molecule has 0 spiro atoms. The number of halogens is 3. The highest BCUT2D eigenvalue weighted by molar-refractivity contribution is 7.16. The van der Waals surface area contributed by atoms with Crippen molar-refractivity contribution in [3.8, 4) is 0 Å². The summed E-state index contributed by atoms with van der Waals surface area (Å²) in [6, 6.07) is 3.61. The zero-order chi connectivity index (χ0) is 12.0. The summed E-state index contributed by atoms with van der Waals surface area (Å²) in [5.74, 6) is 0. The number of alkyl halides is 2. The lowest BCUT2D eigenvalue weighted by atomic mass is 10.2. The normalized spacial score (nSPS) is 13.3. The second-order valence-electron chi connectivity index (χ2n) is 3.32.